The molecule has 0 fully saturated rings. The first-order chi connectivity index (χ1) is 8.27. The Morgan fingerprint density at radius 2 is 1.76 bits per heavy atom. The fourth-order valence-corrected chi connectivity index (χ4v) is 1.75. The SMILES string of the molecule is C#CCC(O)(c1ccccc1)c1cncnc1. The maximum Gasteiger partial charge on any atom is 0.128 e. The molecule has 1 heterocycles. The number of rotatable bonds is 3. The summed E-state index contributed by atoms with van der Waals surface area (Å²) in [6.07, 6.45) is 10.1. The molecule has 1 aromatic carbocycles. The Kier molecular flexibility index (Phi) is 3.17. The van der Waals surface area contributed by atoms with Gasteiger partial charge in [-0.15, -0.1) is 12.3 Å². The van der Waals surface area contributed by atoms with Crippen molar-refractivity contribution in [1.82, 2.24) is 9.97 Å². The summed E-state index contributed by atoms with van der Waals surface area (Å²) >= 11 is 0. The van der Waals surface area contributed by atoms with Gasteiger partial charge in [0, 0.05) is 24.4 Å². The van der Waals surface area contributed by atoms with E-state index in [2.05, 4.69) is 15.9 Å². The minimum atomic E-state index is -1.22. The van der Waals surface area contributed by atoms with Gasteiger partial charge in [0.05, 0.1) is 0 Å². The van der Waals surface area contributed by atoms with E-state index < -0.39 is 5.60 Å². The Morgan fingerprint density at radius 3 is 2.35 bits per heavy atom. The lowest BCUT2D eigenvalue weighted by Crippen LogP contribution is -2.27. The van der Waals surface area contributed by atoms with Gasteiger partial charge in [0.15, 0.2) is 0 Å². The molecule has 0 radical (unpaired) electrons. The van der Waals surface area contributed by atoms with Crippen LogP contribution in [0.4, 0.5) is 0 Å². The molecule has 0 aliphatic rings. The van der Waals surface area contributed by atoms with Crippen LogP contribution in [0.5, 0.6) is 0 Å². The summed E-state index contributed by atoms with van der Waals surface area (Å²) in [4.78, 5) is 7.84. The van der Waals surface area contributed by atoms with Gasteiger partial charge in [0.1, 0.15) is 11.9 Å². The first kappa shape index (κ1) is 11.3. The van der Waals surface area contributed by atoms with Crippen LogP contribution in [0.25, 0.3) is 0 Å². The van der Waals surface area contributed by atoms with Gasteiger partial charge in [0.25, 0.3) is 0 Å². The maximum atomic E-state index is 10.7. The lowest BCUT2D eigenvalue weighted by Gasteiger charge is -2.26. The highest BCUT2D eigenvalue weighted by Crippen LogP contribution is 2.31. The van der Waals surface area contributed by atoms with E-state index in [4.69, 9.17) is 6.42 Å². The topological polar surface area (TPSA) is 46.0 Å². The summed E-state index contributed by atoms with van der Waals surface area (Å²) in [6.45, 7) is 0. The fraction of sp³-hybridized carbons (Fsp3) is 0.143. The summed E-state index contributed by atoms with van der Waals surface area (Å²) in [5.74, 6) is 2.50. The van der Waals surface area contributed by atoms with Crippen molar-refractivity contribution < 1.29 is 5.11 Å². The number of aliphatic hydroxyl groups is 1. The predicted molar refractivity (Wildman–Crippen MR) is 64.9 cm³/mol. The van der Waals surface area contributed by atoms with Crippen LogP contribution >= 0.6 is 0 Å². The molecule has 0 aliphatic carbocycles. The lowest BCUT2D eigenvalue weighted by atomic mass is 9.85. The van der Waals surface area contributed by atoms with Crippen LogP contribution in [0.15, 0.2) is 49.1 Å². The van der Waals surface area contributed by atoms with E-state index in [1.807, 2.05) is 30.3 Å². The van der Waals surface area contributed by atoms with Crippen LogP contribution in [0, 0.1) is 12.3 Å². The van der Waals surface area contributed by atoms with Crippen LogP contribution in [0.1, 0.15) is 17.5 Å². The van der Waals surface area contributed by atoms with E-state index in [1.54, 1.807) is 12.4 Å². The van der Waals surface area contributed by atoms with Gasteiger partial charge >= 0.3 is 0 Å². The van der Waals surface area contributed by atoms with Crippen molar-refractivity contribution in [1.29, 1.82) is 0 Å². The van der Waals surface area contributed by atoms with Crippen molar-refractivity contribution in [2.45, 2.75) is 12.0 Å². The minimum Gasteiger partial charge on any atom is -0.379 e. The predicted octanol–water partition coefficient (Wildman–Crippen LogP) is 1.74. The summed E-state index contributed by atoms with van der Waals surface area (Å²) in [5.41, 5.74) is 0.119. The van der Waals surface area contributed by atoms with E-state index in [-0.39, 0.29) is 6.42 Å². The average Bonchev–Trinajstić information content (AvgIpc) is 2.41. The Hall–Kier alpha value is -2.18. The van der Waals surface area contributed by atoms with Crippen molar-refractivity contribution in [2.24, 2.45) is 0 Å². The Morgan fingerprint density at radius 1 is 1.12 bits per heavy atom. The second kappa shape index (κ2) is 4.77. The van der Waals surface area contributed by atoms with E-state index in [1.165, 1.54) is 6.33 Å². The molecule has 84 valence electrons. The third-order valence-electron chi connectivity index (χ3n) is 2.65. The molecule has 0 saturated carbocycles. The van der Waals surface area contributed by atoms with Gasteiger partial charge in [-0.1, -0.05) is 30.3 Å². The third kappa shape index (κ3) is 2.17. The summed E-state index contributed by atoms with van der Waals surface area (Å²) in [7, 11) is 0. The van der Waals surface area contributed by atoms with E-state index in [0.717, 1.165) is 5.56 Å². The molecule has 17 heavy (non-hydrogen) atoms. The molecule has 2 aromatic rings. The molecule has 3 nitrogen and oxygen atoms in total. The molecule has 1 atom stereocenters. The molecular weight excluding hydrogens is 212 g/mol. The molecule has 1 unspecified atom stereocenters. The lowest BCUT2D eigenvalue weighted by molar-refractivity contribution is 0.0857. The average molecular weight is 224 g/mol. The highest BCUT2D eigenvalue weighted by Gasteiger charge is 2.31. The molecule has 1 N–H and O–H groups in total. The van der Waals surface area contributed by atoms with Crippen molar-refractivity contribution in [3.8, 4) is 12.3 Å². The van der Waals surface area contributed by atoms with Crippen molar-refractivity contribution in [3.63, 3.8) is 0 Å². The van der Waals surface area contributed by atoms with Crippen LogP contribution in [0.2, 0.25) is 0 Å². The first-order valence-electron chi connectivity index (χ1n) is 5.24. The van der Waals surface area contributed by atoms with Gasteiger partial charge in [-0.25, -0.2) is 9.97 Å². The molecular formula is C14H12N2O. The third-order valence-corrected chi connectivity index (χ3v) is 2.65. The molecule has 0 bridgehead atoms. The zero-order valence-corrected chi connectivity index (χ0v) is 9.24. The number of nitrogens with zero attached hydrogens (tertiary/aromatic N) is 2. The zero-order valence-electron chi connectivity index (χ0n) is 9.24. The number of hydrogen-bond acceptors (Lipinski definition) is 3. The second-order valence-electron chi connectivity index (χ2n) is 3.73. The van der Waals surface area contributed by atoms with E-state index in [9.17, 15) is 5.11 Å². The molecule has 3 heteroatoms. The monoisotopic (exact) mass is 224 g/mol. The Labute approximate surface area is 100 Å². The van der Waals surface area contributed by atoms with Crippen LogP contribution in [0.3, 0.4) is 0 Å². The quantitative estimate of drug-likeness (QED) is 0.808. The van der Waals surface area contributed by atoms with Crippen LogP contribution < -0.4 is 0 Å². The van der Waals surface area contributed by atoms with Gasteiger partial charge in [-0.2, -0.15) is 0 Å². The number of benzene rings is 1. The second-order valence-corrected chi connectivity index (χ2v) is 3.73. The number of aromatic nitrogens is 2. The normalized spacial score (nSPS) is 13.6. The smallest absolute Gasteiger partial charge is 0.128 e. The molecule has 0 spiro atoms. The van der Waals surface area contributed by atoms with Gasteiger partial charge < -0.3 is 5.11 Å². The van der Waals surface area contributed by atoms with Crippen molar-refractivity contribution >= 4 is 0 Å². The number of hydrogen-bond donors (Lipinski definition) is 1. The molecule has 0 saturated heterocycles. The van der Waals surface area contributed by atoms with Crippen molar-refractivity contribution in [2.75, 3.05) is 0 Å². The Bertz CT molecular complexity index is 477. The van der Waals surface area contributed by atoms with Gasteiger partial charge in [-0.3, -0.25) is 0 Å². The summed E-state index contributed by atoms with van der Waals surface area (Å²) in [5, 5.41) is 10.7. The number of terminal acetylenes is 1. The standard InChI is InChI=1S/C14H12N2O/c1-2-8-14(17,12-6-4-3-5-7-12)13-9-15-11-16-10-13/h1,3-7,9-11,17H,8H2. The molecule has 0 amide bonds. The van der Waals surface area contributed by atoms with Gasteiger partial charge in [0.2, 0.25) is 0 Å². The Balaban J connectivity index is 2.52. The molecule has 1 aromatic heterocycles. The summed E-state index contributed by atoms with van der Waals surface area (Å²) in [6, 6.07) is 9.29. The van der Waals surface area contributed by atoms with Gasteiger partial charge in [-0.05, 0) is 5.56 Å². The van der Waals surface area contributed by atoms with Crippen LogP contribution in [-0.4, -0.2) is 15.1 Å². The highest BCUT2D eigenvalue weighted by atomic mass is 16.3. The largest absolute Gasteiger partial charge is 0.379 e. The minimum absolute atomic E-state index is 0.185. The first-order valence-corrected chi connectivity index (χ1v) is 5.24. The molecule has 2 rings (SSSR count). The highest BCUT2D eigenvalue weighted by molar-refractivity contribution is 5.34. The van der Waals surface area contributed by atoms with E-state index in [0.29, 0.717) is 5.56 Å². The summed E-state index contributed by atoms with van der Waals surface area (Å²) < 4.78 is 0. The van der Waals surface area contributed by atoms with Crippen molar-refractivity contribution in [3.05, 3.63) is 60.2 Å². The maximum absolute atomic E-state index is 10.7. The molecule has 0 aliphatic heterocycles. The van der Waals surface area contributed by atoms with E-state index >= 15 is 0 Å². The zero-order chi connectivity index (χ0) is 12.1. The fourth-order valence-electron chi connectivity index (χ4n) is 1.75. The van der Waals surface area contributed by atoms with Crippen LogP contribution in [-0.2, 0) is 5.60 Å².